The number of aliphatic hydroxyl groups excluding tert-OH is 1. The molecule has 1 aromatic rings. The van der Waals surface area contributed by atoms with Crippen molar-refractivity contribution in [2.45, 2.75) is 56.9 Å². The Labute approximate surface area is 130 Å². The maximum atomic E-state index is 12.4. The van der Waals surface area contributed by atoms with Crippen molar-refractivity contribution in [1.82, 2.24) is 4.90 Å². The molecule has 1 N–H and O–H groups in total. The molecule has 118 valence electrons. The molecule has 0 saturated carbocycles. The van der Waals surface area contributed by atoms with E-state index >= 15 is 0 Å². The first-order chi connectivity index (χ1) is 9.87. The van der Waals surface area contributed by atoms with Crippen LogP contribution in [0.2, 0.25) is 0 Å². The lowest BCUT2D eigenvalue weighted by molar-refractivity contribution is -0.129. The summed E-state index contributed by atoms with van der Waals surface area (Å²) in [5.74, 6) is 1.28. The summed E-state index contributed by atoms with van der Waals surface area (Å²) in [6.07, 6.45) is 3.47. The van der Waals surface area contributed by atoms with E-state index in [-0.39, 0.29) is 16.7 Å². The lowest BCUT2D eigenvalue weighted by Gasteiger charge is -2.27. The largest absolute Gasteiger partial charge is 0.467 e. The van der Waals surface area contributed by atoms with Gasteiger partial charge in [0, 0.05) is 23.8 Å². The lowest BCUT2D eigenvalue weighted by atomic mass is 10.1. The predicted molar refractivity (Wildman–Crippen MR) is 85.2 cm³/mol. The van der Waals surface area contributed by atoms with Crippen LogP contribution in [-0.2, 0) is 4.79 Å². The van der Waals surface area contributed by atoms with E-state index in [2.05, 4.69) is 20.8 Å². The van der Waals surface area contributed by atoms with Crippen LogP contribution in [0, 0.1) is 0 Å². The van der Waals surface area contributed by atoms with E-state index in [9.17, 15) is 9.90 Å². The number of likely N-dealkylation sites (tertiary alicyclic amines) is 1. The van der Waals surface area contributed by atoms with Gasteiger partial charge >= 0.3 is 0 Å². The highest BCUT2D eigenvalue weighted by molar-refractivity contribution is 8.01. The van der Waals surface area contributed by atoms with Crippen molar-refractivity contribution in [3.8, 4) is 0 Å². The van der Waals surface area contributed by atoms with Crippen LogP contribution in [0.5, 0.6) is 0 Å². The smallest absolute Gasteiger partial charge is 0.232 e. The van der Waals surface area contributed by atoms with E-state index < -0.39 is 6.10 Å². The Morgan fingerprint density at radius 3 is 2.95 bits per heavy atom. The topological polar surface area (TPSA) is 53.7 Å². The number of hydrogen-bond donors (Lipinski definition) is 1. The minimum absolute atomic E-state index is 0.0958. The Kier molecular flexibility index (Phi) is 5.38. The van der Waals surface area contributed by atoms with Crippen molar-refractivity contribution in [3.05, 3.63) is 24.2 Å². The molecular weight excluding hydrogens is 286 g/mol. The highest BCUT2D eigenvalue weighted by Crippen LogP contribution is 2.29. The number of aliphatic hydroxyl groups is 1. The molecule has 0 spiro atoms. The van der Waals surface area contributed by atoms with E-state index in [1.54, 1.807) is 30.2 Å². The minimum atomic E-state index is -0.631. The summed E-state index contributed by atoms with van der Waals surface area (Å²) in [4.78, 5) is 14.3. The second-order valence-electron chi connectivity index (χ2n) is 6.55. The molecule has 0 unspecified atom stereocenters. The zero-order valence-electron chi connectivity index (χ0n) is 13.0. The van der Waals surface area contributed by atoms with E-state index in [0.717, 1.165) is 19.4 Å². The molecule has 1 aromatic heterocycles. The quantitative estimate of drug-likeness (QED) is 0.907. The van der Waals surface area contributed by atoms with Gasteiger partial charge in [-0.15, -0.1) is 11.8 Å². The van der Waals surface area contributed by atoms with Gasteiger partial charge in [-0.25, -0.2) is 0 Å². The summed E-state index contributed by atoms with van der Waals surface area (Å²) >= 11 is 1.67. The second kappa shape index (κ2) is 6.88. The number of furan rings is 1. The number of thioether (sulfide) groups is 1. The van der Waals surface area contributed by atoms with Crippen LogP contribution < -0.4 is 0 Å². The highest BCUT2D eigenvalue weighted by Gasteiger charge is 2.31. The van der Waals surface area contributed by atoms with E-state index in [4.69, 9.17) is 4.42 Å². The molecule has 1 amide bonds. The van der Waals surface area contributed by atoms with Gasteiger partial charge < -0.3 is 14.4 Å². The minimum Gasteiger partial charge on any atom is -0.467 e. The third-order valence-electron chi connectivity index (χ3n) is 3.69. The maximum absolute atomic E-state index is 12.4. The standard InChI is InChI=1S/C16H25NO3S/c1-16(2,3)21-11-15(19)17-8-4-6-12(17)10-13(18)14-7-5-9-20-14/h5,7,9,12-13,18H,4,6,8,10-11H2,1-3H3/t12-,13-/m0/s1. The summed E-state index contributed by atoms with van der Waals surface area (Å²) in [6.45, 7) is 7.16. The summed E-state index contributed by atoms with van der Waals surface area (Å²) in [7, 11) is 0. The SMILES string of the molecule is CC(C)(C)SCC(=O)N1CCC[C@H]1C[C@H](O)c1ccco1. The van der Waals surface area contributed by atoms with Crippen molar-refractivity contribution in [1.29, 1.82) is 0 Å². The molecular formula is C16H25NO3S. The van der Waals surface area contributed by atoms with Gasteiger partial charge in [0.25, 0.3) is 0 Å². The second-order valence-corrected chi connectivity index (χ2v) is 8.35. The van der Waals surface area contributed by atoms with E-state index in [1.165, 1.54) is 0 Å². The molecule has 0 radical (unpaired) electrons. The zero-order valence-corrected chi connectivity index (χ0v) is 13.9. The Morgan fingerprint density at radius 2 is 2.33 bits per heavy atom. The van der Waals surface area contributed by atoms with Crippen LogP contribution in [-0.4, -0.2) is 39.0 Å². The molecule has 21 heavy (non-hydrogen) atoms. The molecule has 0 aliphatic carbocycles. The first kappa shape index (κ1) is 16.4. The summed E-state index contributed by atoms with van der Waals surface area (Å²) in [6, 6.07) is 3.68. The molecule has 0 bridgehead atoms. The number of carbonyl (C=O) groups is 1. The average molecular weight is 311 g/mol. The third-order valence-corrected chi connectivity index (χ3v) is 4.95. The molecule has 2 heterocycles. The number of amides is 1. The number of nitrogens with zero attached hydrogens (tertiary/aromatic N) is 1. The molecule has 1 aliphatic rings. The van der Waals surface area contributed by atoms with E-state index in [0.29, 0.717) is 17.9 Å². The fourth-order valence-corrected chi connectivity index (χ4v) is 3.35. The molecule has 5 heteroatoms. The molecule has 4 nitrogen and oxygen atoms in total. The molecule has 1 fully saturated rings. The van der Waals surface area contributed by atoms with Gasteiger partial charge in [-0.3, -0.25) is 4.79 Å². The number of hydrogen-bond acceptors (Lipinski definition) is 4. The first-order valence-electron chi connectivity index (χ1n) is 7.52. The van der Waals surface area contributed by atoms with Crippen molar-refractivity contribution < 1.29 is 14.3 Å². The molecule has 1 aliphatic heterocycles. The van der Waals surface area contributed by atoms with Gasteiger partial charge in [-0.05, 0) is 25.0 Å². The fourth-order valence-electron chi connectivity index (χ4n) is 2.62. The Hall–Kier alpha value is -0.940. The number of rotatable bonds is 5. The van der Waals surface area contributed by atoms with Gasteiger partial charge in [0.15, 0.2) is 0 Å². The fraction of sp³-hybridized carbons (Fsp3) is 0.688. The van der Waals surface area contributed by atoms with Gasteiger partial charge in [-0.1, -0.05) is 20.8 Å². The van der Waals surface area contributed by atoms with Gasteiger partial charge in [-0.2, -0.15) is 0 Å². The van der Waals surface area contributed by atoms with Gasteiger partial charge in [0.2, 0.25) is 5.91 Å². The Morgan fingerprint density at radius 1 is 1.57 bits per heavy atom. The van der Waals surface area contributed by atoms with Crippen LogP contribution in [0.1, 0.15) is 51.9 Å². The van der Waals surface area contributed by atoms with Crippen LogP contribution in [0.3, 0.4) is 0 Å². The Bertz CT molecular complexity index is 453. The van der Waals surface area contributed by atoms with Crippen molar-refractivity contribution in [2.24, 2.45) is 0 Å². The summed E-state index contributed by atoms with van der Waals surface area (Å²) in [5, 5.41) is 10.2. The molecule has 2 rings (SSSR count). The van der Waals surface area contributed by atoms with Gasteiger partial charge in [0.1, 0.15) is 11.9 Å². The van der Waals surface area contributed by atoms with Crippen LogP contribution >= 0.6 is 11.8 Å². The number of carbonyl (C=O) groups excluding carboxylic acids is 1. The predicted octanol–water partition coefficient (Wildman–Crippen LogP) is 3.23. The molecule has 1 saturated heterocycles. The van der Waals surface area contributed by atoms with Crippen LogP contribution in [0.15, 0.2) is 22.8 Å². The van der Waals surface area contributed by atoms with Crippen LogP contribution in [0.25, 0.3) is 0 Å². The monoisotopic (exact) mass is 311 g/mol. The average Bonchev–Trinajstić information content (AvgIpc) is 3.05. The van der Waals surface area contributed by atoms with Crippen LogP contribution in [0.4, 0.5) is 0 Å². The van der Waals surface area contributed by atoms with E-state index in [1.807, 2.05) is 4.90 Å². The maximum Gasteiger partial charge on any atom is 0.232 e. The van der Waals surface area contributed by atoms with Crippen molar-refractivity contribution >= 4 is 17.7 Å². The summed E-state index contributed by atoms with van der Waals surface area (Å²) in [5.41, 5.74) is 0. The van der Waals surface area contributed by atoms with Gasteiger partial charge in [0.05, 0.1) is 12.0 Å². The summed E-state index contributed by atoms with van der Waals surface area (Å²) < 4.78 is 5.33. The zero-order chi connectivity index (χ0) is 15.5. The van der Waals surface area contributed by atoms with Crippen molar-refractivity contribution in [2.75, 3.05) is 12.3 Å². The molecule has 2 atom stereocenters. The molecule has 0 aromatic carbocycles. The third kappa shape index (κ3) is 4.78. The first-order valence-corrected chi connectivity index (χ1v) is 8.50. The lowest BCUT2D eigenvalue weighted by Crippen LogP contribution is -2.38. The highest BCUT2D eigenvalue weighted by atomic mass is 32.2. The van der Waals surface area contributed by atoms with Crippen molar-refractivity contribution in [3.63, 3.8) is 0 Å². The normalized spacial score (nSPS) is 20.8. The Balaban J connectivity index is 1.89.